The predicted octanol–water partition coefficient (Wildman–Crippen LogP) is 3.38. The van der Waals surface area contributed by atoms with Gasteiger partial charge < -0.3 is 10.1 Å². The summed E-state index contributed by atoms with van der Waals surface area (Å²) in [7, 11) is 0. The second kappa shape index (κ2) is 6.63. The van der Waals surface area contributed by atoms with Gasteiger partial charge in [-0.3, -0.25) is 9.59 Å². The third-order valence-electron chi connectivity index (χ3n) is 4.73. The fourth-order valence-electron chi connectivity index (χ4n) is 3.73. The zero-order chi connectivity index (χ0) is 17.3. The van der Waals surface area contributed by atoms with E-state index in [9.17, 15) is 9.59 Å². The highest BCUT2D eigenvalue weighted by Crippen LogP contribution is 2.44. The molecule has 0 radical (unpaired) electrons. The molecule has 2 unspecified atom stereocenters. The van der Waals surface area contributed by atoms with Crippen LogP contribution < -0.4 is 5.32 Å². The second-order valence-corrected chi connectivity index (χ2v) is 6.44. The minimum atomic E-state index is -0.576. The lowest BCUT2D eigenvalue weighted by molar-refractivity contribution is -0.147. The van der Waals surface area contributed by atoms with Gasteiger partial charge in [0, 0.05) is 29.3 Å². The van der Waals surface area contributed by atoms with Crippen molar-refractivity contribution in [3.8, 4) is 0 Å². The van der Waals surface area contributed by atoms with Crippen LogP contribution in [-0.4, -0.2) is 18.4 Å². The predicted molar refractivity (Wildman–Crippen MR) is 92.2 cm³/mol. The molecule has 3 rings (SSSR count). The summed E-state index contributed by atoms with van der Waals surface area (Å²) in [6.45, 7) is 8.16. The van der Waals surface area contributed by atoms with Crippen LogP contribution in [0.1, 0.15) is 43.2 Å². The number of rotatable bonds is 3. The number of hydrogen-bond donors (Lipinski definition) is 1. The highest BCUT2D eigenvalue weighted by molar-refractivity contribution is 6.00. The maximum atomic E-state index is 12.7. The van der Waals surface area contributed by atoms with Gasteiger partial charge in [-0.15, -0.1) is 0 Å². The first-order valence-electron chi connectivity index (χ1n) is 8.48. The molecule has 24 heavy (non-hydrogen) atoms. The quantitative estimate of drug-likeness (QED) is 0.866. The van der Waals surface area contributed by atoms with Crippen LogP contribution in [0.5, 0.6) is 0 Å². The Labute approximate surface area is 142 Å². The highest BCUT2D eigenvalue weighted by Gasteiger charge is 2.43. The number of carbonyl (C=O) groups is 2. The standard InChI is InChI=1S/C20H23NO3/c1-4-24-20(23)17-13(3)21-15-9-6-10-16(22)19(15)18(17)14-8-5-7-12(2)11-14/h5,7-8,11,17-18,21H,3-4,6,9-10H2,1-2H3. The van der Waals surface area contributed by atoms with Crippen molar-refractivity contribution in [2.75, 3.05) is 6.61 Å². The van der Waals surface area contributed by atoms with E-state index in [1.54, 1.807) is 6.92 Å². The first-order chi connectivity index (χ1) is 11.5. The number of nitrogens with one attached hydrogen (secondary N) is 1. The number of benzene rings is 1. The van der Waals surface area contributed by atoms with E-state index < -0.39 is 5.92 Å². The molecule has 0 bridgehead atoms. The zero-order valence-corrected chi connectivity index (χ0v) is 14.2. The Morgan fingerprint density at radius 3 is 2.88 bits per heavy atom. The Balaban J connectivity index is 2.15. The Morgan fingerprint density at radius 2 is 2.17 bits per heavy atom. The number of hydrogen-bond acceptors (Lipinski definition) is 4. The van der Waals surface area contributed by atoms with Crippen LogP contribution in [0.3, 0.4) is 0 Å². The van der Waals surface area contributed by atoms with Crippen LogP contribution in [0.15, 0.2) is 47.8 Å². The Bertz CT molecular complexity index is 732. The fraction of sp³-hybridized carbons (Fsp3) is 0.400. The van der Waals surface area contributed by atoms with Gasteiger partial charge >= 0.3 is 5.97 Å². The molecule has 2 aliphatic rings. The van der Waals surface area contributed by atoms with Gasteiger partial charge in [-0.2, -0.15) is 0 Å². The lowest BCUT2D eigenvalue weighted by Gasteiger charge is -2.38. The van der Waals surface area contributed by atoms with Crippen LogP contribution in [0, 0.1) is 12.8 Å². The van der Waals surface area contributed by atoms with E-state index in [2.05, 4.69) is 11.9 Å². The van der Waals surface area contributed by atoms with Gasteiger partial charge in [-0.1, -0.05) is 36.4 Å². The van der Waals surface area contributed by atoms with Crippen LogP contribution in [0.4, 0.5) is 0 Å². The molecule has 0 fully saturated rings. The lowest BCUT2D eigenvalue weighted by Crippen LogP contribution is -2.41. The molecule has 0 saturated carbocycles. The SMILES string of the molecule is C=C1NC2=C(C(=O)CCC2)C(c2cccc(C)c2)C1C(=O)OCC. The van der Waals surface area contributed by atoms with Gasteiger partial charge in [0.2, 0.25) is 0 Å². The summed E-state index contributed by atoms with van der Waals surface area (Å²) in [5.41, 5.74) is 4.34. The Hall–Kier alpha value is -2.36. The van der Waals surface area contributed by atoms with E-state index in [4.69, 9.17) is 4.74 Å². The number of aryl methyl sites for hydroxylation is 1. The fourth-order valence-corrected chi connectivity index (χ4v) is 3.73. The largest absolute Gasteiger partial charge is 0.465 e. The molecule has 1 N–H and O–H groups in total. The summed E-state index contributed by atoms with van der Waals surface area (Å²) in [5.74, 6) is -1.10. The first-order valence-corrected chi connectivity index (χ1v) is 8.48. The lowest BCUT2D eigenvalue weighted by atomic mass is 9.71. The maximum absolute atomic E-state index is 12.7. The summed E-state index contributed by atoms with van der Waals surface area (Å²) in [6, 6.07) is 8.00. The average Bonchev–Trinajstić information content (AvgIpc) is 2.54. The monoisotopic (exact) mass is 325 g/mol. The van der Waals surface area contributed by atoms with Crippen LogP contribution in [0.2, 0.25) is 0 Å². The summed E-state index contributed by atoms with van der Waals surface area (Å²) in [6.07, 6.45) is 2.19. The number of ketones is 1. The highest BCUT2D eigenvalue weighted by atomic mass is 16.5. The minimum absolute atomic E-state index is 0.122. The van der Waals surface area contributed by atoms with Gasteiger partial charge in [0.1, 0.15) is 5.92 Å². The summed E-state index contributed by atoms with van der Waals surface area (Å²) in [5, 5.41) is 3.22. The topological polar surface area (TPSA) is 55.4 Å². The minimum Gasteiger partial charge on any atom is -0.465 e. The molecule has 1 aliphatic carbocycles. The van der Waals surface area contributed by atoms with E-state index >= 15 is 0 Å². The van der Waals surface area contributed by atoms with Crippen molar-refractivity contribution in [1.82, 2.24) is 5.32 Å². The number of esters is 1. The Morgan fingerprint density at radius 1 is 1.38 bits per heavy atom. The van der Waals surface area contributed by atoms with Crippen molar-refractivity contribution in [2.45, 2.75) is 39.0 Å². The Kier molecular flexibility index (Phi) is 4.56. The van der Waals surface area contributed by atoms with Crippen LogP contribution in [0.25, 0.3) is 0 Å². The molecule has 2 atom stereocenters. The molecule has 1 aliphatic heterocycles. The first kappa shape index (κ1) is 16.5. The zero-order valence-electron chi connectivity index (χ0n) is 14.2. The number of Topliss-reactive ketones (excluding diaryl/α,β-unsaturated/α-hetero) is 1. The molecular formula is C20H23NO3. The third-order valence-corrected chi connectivity index (χ3v) is 4.73. The van der Waals surface area contributed by atoms with Gasteiger partial charge in [0.15, 0.2) is 5.78 Å². The maximum Gasteiger partial charge on any atom is 0.315 e. The van der Waals surface area contributed by atoms with Gasteiger partial charge in [0.05, 0.1) is 6.61 Å². The van der Waals surface area contributed by atoms with Gasteiger partial charge in [0.25, 0.3) is 0 Å². The van der Waals surface area contributed by atoms with Gasteiger partial charge in [-0.05, 0) is 32.3 Å². The molecular weight excluding hydrogens is 302 g/mol. The number of allylic oxidation sites excluding steroid dienone is 2. The van der Waals surface area contributed by atoms with E-state index in [1.165, 1.54) is 0 Å². The molecule has 1 aromatic rings. The third kappa shape index (κ3) is 2.88. The van der Waals surface area contributed by atoms with Crippen molar-refractivity contribution in [2.24, 2.45) is 5.92 Å². The molecule has 0 spiro atoms. The molecule has 126 valence electrons. The smallest absolute Gasteiger partial charge is 0.315 e. The average molecular weight is 325 g/mol. The van der Waals surface area contributed by atoms with Crippen LogP contribution >= 0.6 is 0 Å². The summed E-state index contributed by atoms with van der Waals surface area (Å²) >= 11 is 0. The van der Waals surface area contributed by atoms with E-state index in [0.717, 1.165) is 35.2 Å². The van der Waals surface area contributed by atoms with Gasteiger partial charge in [-0.25, -0.2) is 0 Å². The number of ether oxygens (including phenoxy) is 1. The number of carbonyl (C=O) groups excluding carboxylic acids is 2. The molecule has 1 aromatic carbocycles. The van der Waals surface area contributed by atoms with Crippen molar-refractivity contribution >= 4 is 11.8 Å². The normalized spacial score (nSPS) is 23.6. The summed E-state index contributed by atoms with van der Waals surface area (Å²) < 4.78 is 5.28. The van der Waals surface area contributed by atoms with E-state index in [-0.39, 0.29) is 17.7 Å². The van der Waals surface area contributed by atoms with Crippen molar-refractivity contribution in [3.63, 3.8) is 0 Å². The van der Waals surface area contributed by atoms with Crippen molar-refractivity contribution in [3.05, 3.63) is 58.9 Å². The molecule has 4 nitrogen and oxygen atoms in total. The molecule has 0 saturated heterocycles. The van der Waals surface area contributed by atoms with E-state index in [0.29, 0.717) is 18.7 Å². The molecule has 0 amide bonds. The van der Waals surface area contributed by atoms with Crippen molar-refractivity contribution < 1.29 is 14.3 Å². The molecule has 4 heteroatoms. The van der Waals surface area contributed by atoms with Crippen LogP contribution in [-0.2, 0) is 14.3 Å². The summed E-state index contributed by atoms with van der Waals surface area (Å²) in [4.78, 5) is 25.3. The second-order valence-electron chi connectivity index (χ2n) is 6.44. The van der Waals surface area contributed by atoms with Crippen molar-refractivity contribution in [1.29, 1.82) is 0 Å². The molecule has 0 aromatic heterocycles. The van der Waals surface area contributed by atoms with E-state index in [1.807, 2.05) is 31.2 Å². The molecule has 1 heterocycles.